The lowest BCUT2D eigenvalue weighted by atomic mass is 9.99. The molecule has 0 saturated carbocycles. The van der Waals surface area contributed by atoms with Crippen LogP contribution in [0.15, 0.2) is 36.7 Å². The summed E-state index contributed by atoms with van der Waals surface area (Å²) >= 11 is 0. The van der Waals surface area contributed by atoms with E-state index in [0.717, 1.165) is 0 Å². The first kappa shape index (κ1) is 26.1. The molecule has 0 saturated heterocycles. The van der Waals surface area contributed by atoms with Gasteiger partial charge in [0, 0.05) is 43.2 Å². The first-order valence-corrected chi connectivity index (χ1v) is 11.6. The molecule has 4 atom stereocenters. The number of likely N-dealkylation sites (N-methyl/N-ethyl adjacent to an activating group) is 1. The smallest absolute Gasteiger partial charge is 0.259 e. The van der Waals surface area contributed by atoms with Gasteiger partial charge in [0.25, 0.3) is 5.91 Å². The summed E-state index contributed by atoms with van der Waals surface area (Å²) in [6, 6.07) is 6.60. The number of nitrogens with zero attached hydrogens (tertiary/aromatic N) is 4. The van der Waals surface area contributed by atoms with Gasteiger partial charge in [0.1, 0.15) is 17.8 Å². The number of fused-ring (bicyclic) bond motifs is 1. The van der Waals surface area contributed by atoms with Crippen molar-refractivity contribution >= 4 is 11.8 Å². The molecule has 1 aliphatic rings. The summed E-state index contributed by atoms with van der Waals surface area (Å²) in [5, 5.41) is 19.2. The normalized spacial score (nSPS) is 19.3. The Kier molecular flexibility index (Phi) is 8.79. The number of hydrogen-bond donors (Lipinski definition) is 2. The van der Waals surface area contributed by atoms with Gasteiger partial charge < -0.3 is 24.7 Å². The lowest BCUT2D eigenvalue weighted by Crippen LogP contribution is -2.50. The number of pyridine rings is 2. The highest BCUT2D eigenvalue weighted by Gasteiger charge is 2.34. The fourth-order valence-corrected chi connectivity index (χ4v) is 3.74. The summed E-state index contributed by atoms with van der Waals surface area (Å²) in [7, 11) is 1.71. The van der Waals surface area contributed by atoms with Gasteiger partial charge in [-0.1, -0.05) is 24.8 Å². The van der Waals surface area contributed by atoms with Gasteiger partial charge in [-0.15, -0.1) is 0 Å². The molecule has 0 aromatic carbocycles. The van der Waals surface area contributed by atoms with Crippen LogP contribution in [-0.4, -0.2) is 86.8 Å². The summed E-state index contributed by atoms with van der Waals surface area (Å²) in [5.74, 6) is 5.02. The summed E-state index contributed by atoms with van der Waals surface area (Å²) < 4.78 is 6.20. The van der Waals surface area contributed by atoms with E-state index in [1.165, 1.54) is 6.20 Å². The highest BCUT2D eigenvalue weighted by Crippen LogP contribution is 2.27. The van der Waals surface area contributed by atoms with E-state index in [2.05, 4.69) is 21.8 Å². The number of hydrogen-bond acceptors (Lipinski definition) is 7. The standard InChI is InChI=1S/C26H32N4O5/c1-17-14-30(18(2)16-31)26(34)22-11-20(9-8-19(3)32)13-28-25(22)35-23(17)15-29(4)24(33)12-21-7-5-6-10-27-21/h5-7,10-11,13,17-19,23,31-32H,12,14-16H2,1-4H3/t17-,18-,19-,23+/m0/s1. The van der Waals surface area contributed by atoms with Gasteiger partial charge in [0.15, 0.2) is 0 Å². The van der Waals surface area contributed by atoms with Crippen LogP contribution >= 0.6 is 0 Å². The van der Waals surface area contributed by atoms with Crippen LogP contribution in [0.2, 0.25) is 0 Å². The zero-order chi connectivity index (χ0) is 25.5. The van der Waals surface area contributed by atoms with Crippen molar-refractivity contribution in [1.82, 2.24) is 19.8 Å². The number of carbonyl (C=O) groups is 2. The molecule has 0 unspecified atom stereocenters. The van der Waals surface area contributed by atoms with Gasteiger partial charge in [-0.25, -0.2) is 4.98 Å². The maximum atomic E-state index is 13.4. The Bertz CT molecular complexity index is 1100. The molecule has 0 radical (unpaired) electrons. The van der Waals surface area contributed by atoms with Crippen LogP contribution in [0, 0.1) is 17.8 Å². The summed E-state index contributed by atoms with van der Waals surface area (Å²) in [5.41, 5.74) is 1.37. The van der Waals surface area contributed by atoms with E-state index in [1.54, 1.807) is 55.1 Å². The molecule has 0 spiro atoms. The number of carbonyl (C=O) groups excluding carboxylic acids is 2. The van der Waals surface area contributed by atoms with Crippen molar-refractivity contribution < 1.29 is 24.5 Å². The molecule has 0 bridgehead atoms. The molecule has 0 aliphatic carbocycles. The van der Waals surface area contributed by atoms with Crippen molar-refractivity contribution in [2.24, 2.45) is 5.92 Å². The Labute approximate surface area is 205 Å². The predicted molar refractivity (Wildman–Crippen MR) is 130 cm³/mol. The van der Waals surface area contributed by atoms with E-state index in [9.17, 15) is 19.8 Å². The van der Waals surface area contributed by atoms with Crippen molar-refractivity contribution in [3.05, 3.63) is 53.5 Å². The van der Waals surface area contributed by atoms with Gasteiger partial charge in [-0.3, -0.25) is 14.6 Å². The molecule has 1 aliphatic heterocycles. The van der Waals surface area contributed by atoms with Crippen molar-refractivity contribution in [1.29, 1.82) is 0 Å². The van der Waals surface area contributed by atoms with Crippen LogP contribution in [-0.2, 0) is 11.2 Å². The van der Waals surface area contributed by atoms with E-state index >= 15 is 0 Å². The minimum Gasteiger partial charge on any atom is -0.472 e. The number of aromatic nitrogens is 2. The molecular formula is C26H32N4O5. The minimum absolute atomic E-state index is 0.102. The third kappa shape index (κ3) is 6.78. The van der Waals surface area contributed by atoms with Crippen LogP contribution in [0.5, 0.6) is 5.88 Å². The fraction of sp³-hybridized carbons (Fsp3) is 0.462. The molecule has 9 nitrogen and oxygen atoms in total. The van der Waals surface area contributed by atoms with Gasteiger partial charge in [-0.2, -0.15) is 0 Å². The molecule has 0 fully saturated rings. The van der Waals surface area contributed by atoms with Gasteiger partial charge in [0.2, 0.25) is 11.8 Å². The Morgan fingerprint density at radius 1 is 1.34 bits per heavy atom. The molecule has 3 heterocycles. The highest BCUT2D eigenvalue weighted by molar-refractivity contribution is 5.97. The predicted octanol–water partition coefficient (Wildman–Crippen LogP) is 1.13. The first-order chi connectivity index (χ1) is 16.7. The largest absolute Gasteiger partial charge is 0.472 e. The average molecular weight is 481 g/mol. The molecule has 2 N–H and O–H groups in total. The maximum absolute atomic E-state index is 13.4. The lowest BCUT2D eigenvalue weighted by Gasteiger charge is -2.37. The highest BCUT2D eigenvalue weighted by atomic mass is 16.5. The van der Waals surface area contributed by atoms with Crippen LogP contribution < -0.4 is 4.74 Å². The number of amides is 2. The summed E-state index contributed by atoms with van der Waals surface area (Å²) in [6.45, 7) is 5.68. The van der Waals surface area contributed by atoms with Crippen LogP contribution in [0.4, 0.5) is 0 Å². The average Bonchev–Trinajstić information content (AvgIpc) is 2.84. The molecule has 3 rings (SSSR count). The van der Waals surface area contributed by atoms with E-state index in [1.807, 2.05) is 13.0 Å². The molecule has 35 heavy (non-hydrogen) atoms. The van der Waals surface area contributed by atoms with Crippen LogP contribution in [0.3, 0.4) is 0 Å². The van der Waals surface area contributed by atoms with Gasteiger partial charge >= 0.3 is 0 Å². The topological polar surface area (TPSA) is 116 Å². The Hall–Kier alpha value is -3.48. The molecule has 2 amide bonds. The van der Waals surface area contributed by atoms with Gasteiger partial charge in [0.05, 0.1) is 25.6 Å². The van der Waals surface area contributed by atoms with E-state index < -0.39 is 18.2 Å². The third-order valence-electron chi connectivity index (χ3n) is 5.88. The Morgan fingerprint density at radius 3 is 2.77 bits per heavy atom. The second-order valence-electron chi connectivity index (χ2n) is 8.92. The number of rotatable bonds is 6. The lowest BCUT2D eigenvalue weighted by molar-refractivity contribution is -0.130. The van der Waals surface area contributed by atoms with Crippen LogP contribution in [0.1, 0.15) is 42.4 Å². The van der Waals surface area contributed by atoms with E-state index in [-0.39, 0.29) is 48.7 Å². The Morgan fingerprint density at radius 2 is 2.11 bits per heavy atom. The van der Waals surface area contributed by atoms with Crippen LogP contribution in [0.25, 0.3) is 0 Å². The van der Waals surface area contributed by atoms with Crippen molar-refractivity contribution in [3.8, 4) is 17.7 Å². The quantitative estimate of drug-likeness (QED) is 0.596. The first-order valence-electron chi connectivity index (χ1n) is 11.6. The van der Waals surface area contributed by atoms with Crippen molar-refractivity contribution in [2.45, 2.75) is 45.4 Å². The molecule has 186 valence electrons. The van der Waals surface area contributed by atoms with E-state index in [0.29, 0.717) is 17.8 Å². The van der Waals surface area contributed by atoms with Crippen molar-refractivity contribution in [2.75, 3.05) is 26.7 Å². The fourth-order valence-electron chi connectivity index (χ4n) is 3.74. The summed E-state index contributed by atoms with van der Waals surface area (Å²) in [6.07, 6.45) is 2.04. The Balaban J connectivity index is 1.89. The zero-order valence-corrected chi connectivity index (χ0v) is 20.5. The second kappa shape index (κ2) is 11.8. The molecular weight excluding hydrogens is 448 g/mol. The molecule has 2 aromatic heterocycles. The molecule has 2 aromatic rings. The maximum Gasteiger partial charge on any atom is 0.259 e. The monoisotopic (exact) mass is 480 g/mol. The minimum atomic E-state index is -0.820. The zero-order valence-electron chi connectivity index (χ0n) is 20.5. The number of ether oxygens (including phenoxy) is 1. The number of aliphatic hydroxyl groups is 2. The number of aliphatic hydroxyl groups excluding tert-OH is 2. The van der Waals surface area contributed by atoms with Crippen molar-refractivity contribution in [3.63, 3.8) is 0 Å². The molecule has 9 heteroatoms. The third-order valence-corrected chi connectivity index (χ3v) is 5.88. The summed E-state index contributed by atoms with van der Waals surface area (Å²) in [4.78, 5) is 38.0. The van der Waals surface area contributed by atoms with E-state index in [4.69, 9.17) is 4.74 Å². The van der Waals surface area contributed by atoms with Gasteiger partial charge in [-0.05, 0) is 32.0 Å². The second-order valence-corrected chi connectivity index (χ2v) is 8.92. The SMILES string of the molecule is C[C@H](O)C#Cc1cnc2c(c1)C(=O)N([C@@H](C)CO)C[C@H](C)[C@@H](CN(C)C(=O)Cc1ccccn1)O2.